The van der Waals surface area contributed by atoms with Crippen molar-refractivity contribution in [2.45, 2.75) is 6.92 Å². The number of benzene rings is 1. The summed E-state index contributed by atoms with van der Waals surface area (Å²) in [5, 5.41) is 2.61. The number of carbonyl (C=O) groups excluding carboxylic acids is 1. The first kappa shape index (κ1) is 17.4. The Bertz CT molecular complexity index is 661. The highest BCUT2D eigenvalue weighted by molar-refractivity contribution is 7.92. The molecule has 1 aromatic rings. The van der Waals surface area contributed by atoms with Crippen molar-refractivity contribution in [2.75, 3.05) is 43.7 Å². The zero-order chi connectivity index (χ0) is 16.9. The number of anilines is 1. The van der Waals surface area contributed by atoms with E-state index in [1.165, 1.54) is 14.0 Å². The quantitative estimate of drug-likeness (QED) is 0.683. The summed E-state index contributed by atoms with van der Waals surface area (Å²) in [5.41, 5.74) is 0.359. The van der Waals surface area contributed by atoms with Crippen molar-refractivity contribution in [1.82, 2.24) is 5.32 Å². The van der Waals surface area contributed by atoms with Crippen LogP contribution in [-0.4, -0.2) is 53.7 Å². The number of carbonyl (C=O) groups is 1. The third-order valence-corrected chi connectivity index (χ3v) is 5.00. The molecule has 1 aromatic carbocycles. The zero-order valence-corrected chi connectivity index (χ0v) is 13.9. The molecule has 2 rings (SSSR count). The fourth-order valence-electron chi connectivity index (χ4n) is 2.03. The van der Waals surface area contributed by atoms with Gasteiger partial charge >= 0.3 is 0 Å². The van der Waals surface area contributed by atoms with Crippen LogP contribution in [0.5, 0.6) is 11.5 Å². The summed E-state index contributed by atoms with van der Waals surface area (Å²) < 4.78 is 41.0. The van der Waals surface area contributed by atoms with Crippen LogP contribution in [-0.2, 0) is 19.6 Å². The zero-order valence-electron chi connectivity index (χ0n) is 13.1. The van der Waals surface area contributed by atoms with Gasteiger partial charge < -0.3 is 19.5 Å². The Kier molecular flexibility index (Phi) is 5.67. The van der Waals surface area contributed by atoms with Crippen LogP contribution in [0.2, 0.25) is 0 Å². The summed E-state index contributed by atoms with van der Waals surface area (Å²) in [5.74, 6) is 0.481. The van der Waals surface area contributed by atoms with Gasteiger partial charge in [0.15, 0.2) is 11.5 Å². The van der Waals surface area contributed by atoms with Crippen LogP contribution >= 0.6 is 0 Å². The number of sulfonamides is 1. The molecule has 0 saturated carbocycles. The fourth-order valence-corrected chi connectivity index (χ4v) is 3.09. The molecule has 0 bridgehead atoms. The van der Waals surface area contributed by atoms with Crippen molar-refractivity contribution in [3.8, 4) is 11.5 Å². The molecule has 8 nitrogen and oxygen atoms in total. The molecule has 9 heteroatoms. The first-order chi connectivity index (χ1) is 11.0. The molecule has 128 valence electrons. The molecule has 0 aliphatic carbocycles. The first-order valence-electron chi connectivity index (χ1n) is 7.13. The van der Waals surface area contributed by atoms with E-state index in [1.807, 2.05) is 0 Å². The van der Waals surface area contributed by atoms with Crippen molar-refractivity contribution >= 4 is 21.6 Å². The molecule has 0 unspecified atom stereocenters. The van der Waals surface area contributed by atoms with E-state index in [4.69, 9.17) is 14.2 Å². The molecule has 1 N–H and O–H groups in total. The molecule has 0 saturated heterocycles. The van der Waals surface area contributed by atoms with Gasteiger partial charge in [-0.25, -0.2) is 8.42 Å². The number of methoxy groups -OCH3 is 1. The van der Waals surface area contributed by atoms with E-state index >= 15 is 0 Å². The highest BCUT2D eigenvalue weighted by Gasteiger charge is 2.25. The first-order valence-corrected chi connectivity index (χ1v) is 8.74. The SMILES string of the molecule is CCS(=O)(=O)N(CC(=O)NCCOC)c1ccc2c(c1)OCO2. The van der Waals surface area contributed by atoms with Gasteiger partial charge in [-0.15, -0.1) is 0 Å². The molecular weight excluding hydrogens is 324 g/mol. The molecule has 1 aliphatic heterocycles. The second kappa shape index (κ2) is 7.51. The van der Waals surface area contributed by atoms with Gasteiger partial charge in [-0.05, 0) is 19.1 Å². The van der Waals surface area contributed by atoms with Crippen LogP contribution in [0.25, 0.3) is 0 Å². The molecular formula is C14H20N2O6S. The highest BCUT2D eigenvalue weighted by Crippen LogP contribution is 2.36. The minimum absolute atomic E-state index is 0.0941. The van der Waals surface area contributed by atoms with Crippen LogP contribution in [0, 0.1) is 0 Å². The number of hydrogen-bond acceptors (Lipinski definition) is 6. The van der Waals surface area contributed by atoms with Crippen LogP contribution in [0.15, 0.2) is 18.2 Å². The van der Waals surface area contributed by atoms with Crippen molar-refractivity contribution < 1.29 is 27.4 Å². The molecule has 0 aromatic heterocycles. The highest BCUT2D eigenvalue weighted by atomic mass is 32.2. The third-order valence-electron chi connectivity index (χ3n) is 3.26. The van der Waals surface area contributed by atoms with Gasteiger partial charge in [0.25, 0.3) is 0 Å². The van der Waals surface area contributed by atoms with Crippen molar-refractivity contribution in [1.29, 1.82) is 0 Å². The lowest BCUT2D eigenvalue weighted by molar-refractivity contribution is -0.119. The fraction of sp³-hybridized carbons (Fsp3) is 0.500. The molecule has 0 fully saturated rings. The van der Waals surface area contributed by atoms with E-state index < -0.39 is 15.9 Å². The van der Waals surface area contributed by atoms with E-state index in [-0.39, 0.29) is 19.1 Å². The van der Waals surface area contributed by atoms with E-state index in [0.717, 1.165) is 4.31 Å². The second-order valence-corrected chi connectivity index (χ2v) is 6.97. The molecule has 0 atom stereocenters. The average molecular weight is 344 g/mol. The Morgan fingerprint density at radius 2 is 2.09 bits per heavy atom. The predicted octanol–water partition coefficient (Wildman–Crippen LogP) is 0.334. The molecule has 0 spiro atoms. The van der Waals surface area contributed by atoms with Crippen LogP contribution in [0.1, 0.15) is 6.92 Å². The van der Waals surface area contributed by atoms with Gasteiger partial charge in [-0.1, -0.05) is 0 Å². The minimum Gasteiger partial charge on any atom is -0.454 e. The van der Waals surface area contributed by atoms with E-state index in [2.05, 4.69) is 5.32 Å². The average Bonchev–Trinajstić information content (AvgIpc) is 3.00. The standard InChI is InChI=1S/C14H20N2O6S/c1-3-23(18,19)16(9-14(17)15-6-7-20-2)11-4-5-12-13(8-11)22-10-21-12/h4-5,8H,3,6-7,9-10H2,1-2H3,(H,15,17). The molecule has 1 amide bonds. The van der Waals surface area contributed by atoms with Crippen molar-refractivity contribution in [3.05, 3.63) is 18.2 Å². The van der Waals surface area contributed by atoms with Gasteiger partial charge in [-0.2, -0.15) is 0 Å². The van der Waals surface area contributed by atoms with Crippen LogP contribution < -0.4 is 19.1 Å². The van der Waals surface area contributed by atoms with Crippen LogP contribution in [0.4, 0.5) is 5.69 Å². The third kappa shape index (κ3) is 4.26. The van der Waals surface area contributed by atoms with Crippen molar-refractivity contribution in [2.24, 2.45) is 0 Å². The van der Waals surface area contributed by atoms with Gasteiger partial charge in [0.1, 0.15) is 6.54 Å². The summed E-state index contributed by atoms with van der Waals surface area (Å²) in [4.78, 5) is 12.0. The Balaban J connectivity index is 2.20. The summed E-state index contributed by atoms with van der Waals surface area (Å²) in [6.45, 7) is 1.99. The summed E-state index contributed by atoms with van der Waals surface area (Å²) in [7, 11) is -2.09. The van der Waals surface area contributed by atoms with Crippen LogP contribution in [0.3, 0.4) is 0 Å². The Labute approximate surface area is 135 Å². The molecule has 1 aliphatic rings. The van der Waals surface area contributed by atoms with Crippen molar-refractivity contribution in [3.63, 3.8) is 0 Å². The van der Waals surface area contributed by atoms with E-state index in [9.17, 15) is 13.2 Å². The van der Waals surface area contributed by atoms with Gasteiger partial charge in [0, 0.05) is 19.7 Å². The van der Waals surface area contributed by atoms with E-state index in [0.29, 0.717) is 30.3 Å². The monoisotopic (exact) mass is 344 g/mol. The topological polar surface area (TPSA) is 94.2 Å². The lowest BCUT2D eigenvalue weighted by Gasteiger charge is -2.23. The maximum absolute atomic E-state index is 12.3. The summed E-state index contributed by atoms with van der Waals surface area (Å²) in [6.07, 6.45) is 0. The number of nitrogens with zero attached hydrogens (tertiary/aromatic N) is 1. The normalized spacial score (nSPS) is 13.0. The Hall–Kier alpha value is -2.00. The molecule has 23 heavy (non-hydrogen) atoms. The van der Waals surface area contributed by atoms with Gasteiger partial charge in [0.05, 0.1) is 18.0 Å². The lowest BCUT2D eigenvalue weighted by Crippen LogP contribution is -2.42. The maximum Gasteiger partial charge on any atom is 0.240 e. The largest absolute Gasteiger partial charge is 0.454 e. The van der Waals surface area contributed by atoms with Gasteiger partial charge in [-0.3, -0.25) is 9.10 Å². The summed E-state index contributed by atoms with van der Waals surface area (Å²) >= 11 is 0. The van der Waals surface area contributed by atoms with E-state index in [1.54, 1.807) is 18.2 Å². The number of ether oxygens (including phenoxy) is 3. The number of rotatable bonds is 8. The number of amides is 1. The maximum atomic E-state index is 12.3. The summed E-state index contributed by atoms with van der Waals surface area (Å²) in [6, 6.07) is 4.76. The smallest absolute Gasteiger partial charge is 0.240 e. The number of fused-ring (bicyclic) bond motifs is 1. The Morgan fingerprint density at radius 1 is 1.35 bits per heavy atom. The number of hydrogen-bond donors (Lipinski definition) is 1. The second-order valence-electron chi connectivity index (χ2n) is 4.79. The molecule has 1 heterocycles. The predicted molar refractivity (Wildman–Crippen MR) is 84.3 cm³/mol. The lowest BCUT2D eigenvalue weighted by atomic mass is 10.3. The molecule has 0 radical (unpaired) electrons. The van der Waals surface area contributed by atoms with Gasteiger partial charge in [0.2, 0.25) is 22.7 Å². The number of nitrogens with one attached hydrogen (secondary N) is 1. The minimum atomic E-state index is -3.61. The Morgan fingerprint density at radius 3 is 2.78 bits per heavy atom.